The Kier molecular flexibility index (Phi) is 2.67. The fourth-order valence-corrected chi connectivity index (χ4v) is 1.05. The van der Waals surface area contributed by atoms with E-state index < -0.39 is 0 Å². The van der Waals surface area contributed by atoms with E-state index in [1.54, 1.807) is 13.1 Å². The molecule has 0 saturated carbocycles. The smallest absolute Gasteiger partial charge is 0.131 e. The lowest BCUT2D eigenvalue weighted by Crippen LogP contribution is -1.99. The fraction of sp³-hybridized carbons (Fsp3) is 0.333. The zero-order chi connectivity index (χ0) is 8.27. The molecule has 3 N–H and O–H groups in total. The number of hydrogen-bond donors (Lipinski definition) is 2. The highest BCUT2D eigenvalue weighted by Gasteiger charge is 2.00. The summed E-state index contributed by atoms with van der Waals surface area (Å²) in [5, 5.41) is 0. The molecule has 0 radical (unpaired) electrons. The van der Waals surface area contributed by atoms with Crippen molar-refractivity contribution in [1.82, 2.24) is 9.97 Å². The third-order valence-corrected chi connectivity index (χ3v) is 1.68. The van der Waals surface area contributed by atoms with Crippen molar-refractivity contribution in [1.29, 1.82) is 0 Å². The molecule has 1 aromatic heterocycles. The van der Waals surface area contributed by atoms with E-state index >= 15 is 0 Å². The molecule has 0 aliphatic heterocycles. The lowest BCUT2D eigenvalue weighted by Gasteiger charge is -2.00. The highest BCUT2D eigenvalue weighted by atomic mass is 32.2. The summed E-state index contributed by atoms with van der Waals surface area (Å²) in [5.41, 5.74) is 6.30. The Morgan fingerprint density at radius 1 is 1.73 bits per heavy atom. The lowest BCUT2D eigenvalue weighted by atomic mass is 10.3. The highest BCUT2D eigenvalue weighted by molar-refractivity contribution is 7.92. The van der Waals surface area contributed by atoms with Crippen molar-refractivity contribution < 1.29 is 4.55 Å². The zero-order valence-electron chi connectivity index (χ0n) is 6.11. The van der Waals surface area contributed by atoms with Gasteiger partial charge in [-0.2, -0.15) is 0 Å². The molecule has 11 heavy (non-hydrogen) atoms. The van der Waals surface area contributed by atoms with E-state index in [-0.39, 0.29) is 0 Å². The van der Waals surface area contributed by atoms with Crippen molar-refractivity contribution >= 4 is 17.9 Å². The summed E-state index contributed by atoms with van der Waals surface area (Å²) in [7, 11) is 0. The molecule has 1 rings (SSSR count). The van der Waals surface area contributed by atoms with Gasteiger partial charge in [0, 0.05) is 17.5 Å². The van der Waals surface area contributed by atoms with Crippen LogP contribution in [0, 0.1) is 6.92 Å². The minimum absolute atomic E-state index is 0.437. The van der Waals surface area contributed by atoms with Gasteiger partial charge in [-0.05, 0) is 19.0 Å². The Morgan fingerprint density at radius 2 is 2.45 bits per heavy atom. The molecule has 0 bridgehead atoms. The zero-order valence-corrected chi connectivity index (χ0v) is 6.93. The second-order valence-electron chi connectivity index (χ2n) is 2.10. The summed E-state index contributed by atoms with van der Waals surface area (Å²) < 4.78 is 8.52. The molecule has 0 atom stereocenters. The van der Waals surface area contributed by atoms with Crippen LogP contribution < -0.4 is 5.73 Å². The van der Waals surface area contributed by atoms with E-state index in [9.17, 15) is 0 Å². The standard InChI is InChI=1S/C6H9N3OS/c1-4-8-2-5(3-11-10)6(7)9-4/h2,10H,3H2,1H3,(H2,7,8,9). The molecular formula is C6H9N3OS. The second-order valence-corrected chi connectivity index (χ2v) is 2.65. The molecular weight excluding hydrogens is 162 g/mol. The van der Waals surface area contributed by atoms with Crippen LogP contribution in [0.2, 0.25) is 0 Å². The number of anilines is 1. The molecule has 0 aromatic carbocycles. The number of nitrogen functional groups attached to an aromatic ring is 1. The summed E-state index contributed by atoms with van der Waals surface area (Å²) in [4.78, 5) is 7.88. The first kappa shape index (κ1) is 8.29. The van der Waals surface area contributed by atoms with Crippen molar-refractivity contribution in [2.45, 2.75) is 12.7 Å². The average molecular weight is 171 g/mol. The van der Waals surface area contributed by atoms with Gasteiger partial charge in [-0.15, -0.1) is 0 Å². The molecule has 60 valence electrons. The number of nitrogens with two attached hydrogens (primary N) is 1. The van der Waals surface area contributed by atoms with Gasteiger partial charge >= 0.3 is 0 Å². The van der Waals surface area contributed by atoms with Crippen LogP contribution in [-0.4, -0.2) is 14.5 Å². The Bertz CT molecular complexity index is 254. The van der Waals surface area contributed by atoms with Crippen LogP contribution >= 0.6 is 12.0 Å². The van der Waals surface area contributed by atoms with Crippen molar-refractivity contribution in [3.63, 3.8) is 0 Å². The number of rotatable bonds is 2. The maximum Gasteiger partial charge on any atom is 0.131 e. The summed E-state index contributed by atoms with van der Waals surface area (Å²) in [6.07, 6.45) is 1.63. The van der Waals surface area contributed by atoms with Crippen LogP contribution in [0.25, 0.3) is 0 Å². The summed E-state index contributed by atoms with van der Waals surface area (Å²) in [6.45, 7) is 1.77. The SMILES string of the molecule is Cc1ncc(CSO)c(N)n1. The molecule has 0 spiro atoms. The van der Waals surface area contributed by atoms with E-state index in [4.69, 9.17) is 10.3 Å². The molecule has 0 aliphatic carbocycles. The highest BCUT2D eigenvalue weighted by Crippen LogP contribution is 2.12. The normalized spacial score (nSPS) is 10.0. The number of aryl methyl sites for hydroxylation is 1. The first-order valence-corrected chi connectivity index (χ1v) is 4.02. The van der Waals surface area contributed by atoms with Crippen LogP contribution in [0.4, 0.5) is 5.82 Å². The van der Waals surface area contributed by atoms with Gasteiger partial charge in [0.15, 0.2) is 0 Å². The van der Waals surface area contributed by atoms with Gasteiger partial charge in [0.25, 0.3) is 0 Å². The van der Waals surface area contributed by atoms with E-state index in [1.807, 2.05) is 0 Å². The first-order chi connectivity index (χ1) is 5.24. The Hall–Kier alpha value is -0.810. The third-order valence-electron chi connectivity index (χ3n) is 1.24. The van der Waals surface area contributed by atoms with Crippen LogP contribution in [0.15, 0.2) is 6.20 Å². The molecule has 0 amide bonds. The summed E-state index contributed by atoms with van der Waals surface area (Å²) >= 11 is 0.715. The maximum absolute atomic E-state index is 8.52. The molecule has 5 heteroatoms. The van der Waals surface area contributed by atoms with Gasteiger partial charge in [0.1, 0.15) is 11.6 Å². The average Bonchev–Trinajstić information content (AvgIpc) is 1.95. The summed E-state index contributed by atoms with van der Waals surface area (Å²) in [6, 6.07) is 0. The molecule has 4 nitrogen and oxygen atoms in total. The van der Waals surface area contributed by atoms with Crippen LogP contribution in [0.3, 0.4) is 0 Å². The number of nitrogens with zero attached hydrogens (tertiary/aromatic N) is 2. The van der Waals surface area contributed by atoms with Gasteiger partial charge in [0.2, 0.25) is 0 Å². The van der Waals surface area contributed by atoms with Crippen molar-refractivity contribution in [2.75, 3.05) is 5.73 Å². The predicted octanol–water partition coefficient (Wildman–Crippen LogP) is 1.07. The van der Waals surface area contributed by atoms with E-state index in [0.717, 1.165) is 5.56 Å². The first-order valence-electron chi connectivity index (χ1n) is 3.08. The number of aromatic nitrogens is 2. The van der Waals surface area contributed by atoms with E-state index in [1.165, 1.54) is 0 Å². The monoisotopic (exact) mass is 171 g/mol. The van der Waals surface area contributed by atoms with Crippen molar-refractivity contribution in [3.8, 4) is 0 Å². The van der Waals surface area contributed by atoms with Gasteiger partial charge in [-0.25, -0.2) is 9.97 Å². The topological polar surface area (TPSA) is 72.0 Å². The van der Waals surface area contributed by atoms with Crippen LogP contribution in [-0.2, 0) is 5.75 Å². The Balaban J connectivity index is 2.90. The van der Waals surface area contributed by atoms with Crippen LogP contribution in [0.1, 0.15) is 11.4 Å². The lowest BCUT2D eigenvalue weighted by molar-refractivity contribution is 0.663. The fourth-order valence-electron chi connectivity index (χ4n) is 0.693. The number of hydrogen-bond acceptors (Lipinski definition) is 5. The third kappa shape index (κ3) is 2.06. The van der Waals surface area contributed by atoms with Gasteiger partial charge in [-0.1, -0.05) is 0 Å². The molecule has 0 fully saturated rings. The van der Waals surface area contributed by atoms with E-state index in [2.05, 4.69) is 9.97 Å². The molecule has 0 saturated heterocycles. The minimum Gasteiger partial charge on any atom is -0.383 e. The van der Waals surface area contributed by atoms with Gasteiger partial charge in [0.05, 0.1) is 0 Å². The minimum atomic E-state index is 0.437. The van der Waals surface area contributed by atoms with Crippen molar-refractivity contribution in [2.24, 2.45) is 0 Å². The molecule has 1 aromatic rings. The molecule has 0 aliphatic rings. The quantitative estimate of drug-likeness (QED) is 0.651. The van der Waals surface area contributed by atoms with E-state index in [0.29, 0.717) is 29.4 Å². The predicted molar refractivity (Wildman–Crippen MR) is 45.1 cm³/mol. The second kappa shape index (κ2) is 3.54. The summed E-state index contributed by atoms with van der Waals surface area (Å²) in [5.74, 6) is 1.53. The Morgan fingerprint density at radius 3 is 3.00 bits per heavy atom. The van der Waals surface area contributed by atoms with Gasteiger partial charge in [-0.3, -0.25) is 0 Å². The van der Waals surface area contributed by atoms with Crippen molar-refractivity contribution in [3.05, 3.63) is 17.6 Å². The molecule has 0 unspecified atom stereocenters. The van der Waals surface area contributed by atoms with Crippen LogP contribution in [0.5, 0.6) is 0 Å². The van der Waals surface area contributed by atoms with Gasteiger partial charge < -0.3 is 10.3 Å². The Labute approximate surface area is 69.1 Å². The largest absolute Gasteiger partial charge is 0.383 e. The maximum atomic E-state index is 8.52. The molecule has 1 heterocycles.